The van der Waals surface area contributed by atoms with Crippen molar-refractivity contribution < 1.29 is 26.9 Å². The van der Waals surface area contributed by atoms with E-state index in [-0.39, 0.29) is 39.9 Å². The van der Waals surface area contributed by atoms with Crippen LogP contribution in [0.3, 0.4) is 0 Å². The van der Waals surface area contributed by atoms with Gasteiger partial charge >= 0.3 is 6.03 Å². The summed E-state index contributed by atoms with van der Waals surface area (Å²) in [6.07, 6.45) is 5.15. The Kier molecular flexibility index (Phi) is 7.17. The predicted molar refractivity (Wildman–Crippen MR) is 126 cm³/mol. The highest BCUT2D eigenvalue weighted by Crippen LogP contribution is 2.22. The van der Waals surface area contributed by atoms with E-state index in [1.165, 1.54) is 19.2 Å². The van der Waals surface area contributed by atoms with Crippen molar-refractivity contribution in [1.29, 1.82) is 0 Å². The van der Waals surface area contributed by atoms with Gasteiger partial charge in [-0.2, -0.15) is 0 Å². The molecule has 3 N–H and O–H groups in total. The van der Waals surface area contributed by atoms with E-state index in [4.69, 9.17) is 20.5 Å². The average Bonchev–Trinajstić information content (AvgIpc) is 2.85. The van der Waals surface area contributed by atoms with E-state index in [1.807, 2.05) is 4.72 Å². The monoisotopic (exact) mass is 496 g/mol. The van der Waals surface area contributed by atoms with Gasteiger partial charge in [0.25, 0.3) is 15.9 Å². The van der Waals surface area contributed by atoms with Crippen LogP contribution < -0.4 is 20.1 Å². The highest BCUT2D eigenvalue weighted by Gasteiger charge is 2.21. The zero-order valence-corrected chi connectivity index (χ0v) is 19.7. The summed E-state index contributed by atoms with van der Waals surface area (Å²) in [4.78, 5) is 24.7. The molecular weight excluding hydrogens is 466 g/mol. The molecule has 0 spiro atoms. The number of amides is 3. The fourth-order valence-corrected chi connectivity index (χ4v) is 4.63. The van der Waals surface area contributed by atoms with Crippen LogP contribution in [-0.4, -0.2) is 40.1 Å². The minimum atomic E-state index is -4.03. The molecule has 1 fully saturated rings. The van der Waals surface area contributed by atoms with Crippen LogP contribution >= 0.6 is 11.6 Å². The van der Waals surface area contributed by atoms with Crippen LogP contribution in [0.25, 0.3) is 0 Å². The summed E-state index contributed by atoms with van der Waals surface area (Å²) in [6, 6.07) is 3.94. The van der Waals surface area contributed by atoms with Gasteiger partial charge in [0.1, 0.15) is 5.75 Å². The van der Waals surface area contributed by atoms with Gasteiger partial charge in [0, 0.05) is 17.6 Å². The Bertz CT molecular complexity index is 1240. The number of sulfonamides is 1. The van der Waals surface area contributed by atoms with E-state index in [0.717, 1.165) is 37.7 Å². The summed E-state index contributed by atoms with van der Waals surface area (Å²) in [7, 11) is -2.80. The number of ether oxygens (including phenoxy) is 1. The number of urea groups is 1. The number of benzene rings is 2. The third kappa shape index (κ3) is 7.10. The maximum atomic E-state index is 12.6. The van der Waals surface area contributed by atoms with E-state index in [2.05, 4.69) is 10.6 Å². The number of hydrogen-bond donors (Lipinski definition) is 3. The molecule has 2 aromatic rings. The summed E-state index contributed by atoms with van der Waals surface area (Å²) in [5, 5.41) is 5.01. The average molecular weight is 497 g/mol. The summed E-state index contributed by atoms with van der Waals surface area (Å²) in [5.41, 5.74) is 0.488. The molecule has 10 heteroatoms. The van der Waals surface area contributed by atoms with Crippen molar-refractivity contribution in [2.75, 3.05) is 13.7 Å². The van der Waals surface area contributed by atoms with Gasteiger partial charge in [0.05, 0.1) is 21.7 Å². The molecule has 0 atom stereocenters. The Labute approximate surface area is 203 Å². The van der Waals surface area contributed by atoms with Crippen LogP contribution in [0.2, 0.25) is 5.02 Å². The Hall–Kier alpha value is -2.78. The van der Waals surface area contributed by atoms with Crippen LogP contribution in [0.15, 0.2) is 47.3 Å². The van der Waals surface area contributed by atoms with Gasteiger partial charge in [0.15, 0.2) is 0 Å². The SMILES string of the molecule is [2H]c1c([2H])c(OC)c(C(=O)NCCc2ccc(S(=O)(=O)NC(=O)NC3CCCCC3)cc2)c([2H])c1Cl. The summed E-state index contributed by atoms with van der Waals surface area (Å²) < 4.78 is 55.9. The minimum absolute atomic E-state index is 0.0220. The Morgan fingerprint density at radius 2 is 1.85 bits per heavy atom. The lowest BCUT2D eigenvalue weighted by Gasteiger charge is -2.22. The summed E-state index contributed by atoms with van der Waals surface area (Å²) in [5.74, 6) is -0.888. The van der Waals surface area contributed by atoms with E-state index in [9.17, 15) is 18.0 Å². The van der Waals surface area contributed by atoms with Crippen molar-refractivity contribution in [1.82, 2.24) is 15.4 Å². The van der Waals surface area contributed by atoms with Crippen molar-refractivity contribution in [2.45, 2.75) is 49.5 Å². The van der Waals surface area contributed by atoms with Gasteiger partial charge in [-0.1, -0.05) is 43.0 Å². The van der Waals surface area contributed by atoms with Gasteiger partial charge in [-0.3, -0.25) is 4.79 Å². The zero-order valence-electron chi connectivity index (χ0n) is 21.2. The van der Waals surface area contributed by atoms with Gasteiger partial charge < -0.3 is 15.4 Å². The third-order valence-corrected chi connectivity index (χ3v) is 6.81. The molecule has 0 unspecified atom stereocenters. The quantitative estimate of drug-likeness (QED) is 0.516. The Morgan fingerprint density at radius 1 is 1.15 bits per heavy atom. The molecular formula is C23H28ClN3O5S. The topological polar surface area (TPSA) is 114 Å². The Balaban J connectivity index is 1.58. The summed E-state index contributed by atoms with van der Waals surface area (Å²) in [6.45, 7) is 0.142. The van der Waals surface area contributed by atoms with E-state index in [0.29, 0.717) is 6.42 Å². The lowest BCUT2D eigenvalue weighted by Crippen LogP contribution is -2.45. The van der Waals surface area contributed by atoms with Crippen LogP contribution in [0.5, 0.6) is 5.75 Å². The first kappa shape index (κ1) is 20.8. The summed E-state index contributed by atoms with van der Waals surface area (Å²) >= 11 is 5.91. The number of halogens is 1. The molecule has 33 heavy (non-hydrogen) atoms. The second kappa shape index (κ2) is 11.4. The Morgan fingerprint density at radius 3 is 2.52 bits per heavy atom. The van der Waals surface area contributed by atoms with Gasteiger partial charge in [-0.15, -0.1) is 0 Å². The molecule has 3 amide bonds. The van der Waals surface area contributed by atoms with E-state index < -0.39 is 34.0 Å². The first-order valence-corrected chi connectivity index (χ1v) is 12.4. The molecule has 0 saturated heterocycles. The number of carbonyl (C=O) groups excluding carboxylic acids is 2. The number of carbonyl (C=O) groups is 2. The molecule has 178 valence electrons. The van der Waals surface area contributed by atoms with E-state index >= 15 is 0 Å². The maximum absolute atomic E-state index is 12.6. The largest absolute Gasteiger partial charge is 0.496 e. The molecule has 0 heterocycles. The zero-order chi connectivity index (χ0) is 26.5. The molecule has 1 aliphatic rings. The molecule has 1 saturated carbocycles. The molecule has 0 aliphatic heterocycles. The molecule has 0 aromatic heterocycles. The minimum Gasteiger partial charge on any atom is -0.496 e. The van der Waals surface area contributed by atoms with Crippen LogP contribution in [-0.2, 0) is 16.4 Å². The fourth-order valence-electron chi connectivity index (χ4n) is 3.57. The van der Waals surface area contributed by atoms with Gasteiger partial charge in [-0.25, -0.2) is 17.9 Å². The number of nitrogens with one attached hydrogen (secondary N) is 3. The van der Waals surface area contributed by atoms with Crippen molar-refractivity contribution >= 4 is 33.6 Å². The fraction of sp³-hybridized carbons (Fsp3) is 0.391. The standard InChI is InChI=1S/C23H28ClN3O5S/c1-32-21-12-9-17(24)15-20(21)22(28)25-14-13-16-7-10-19(11-8-16)33(30,31)27-23(29)26-18-5-3-2-4-6-18/h7-12,15,18H,2-6,13-14H2,1H3,(H,25,28)(H2,26,27,29)/i9D,12D,15D. The van der Waals surface area contributed by atoms with Gasteiger partial charge in [0.2, 0.25) is 0 Å². The lowest BCUT2D eigenvalue weighted by atomic mass is 9.96. The van der Waals surface area contributed by atoms with Crippen molar-refractivity contribution in [3.63, 3.8) is 0 Å². The van der Waals surface area contributed by atoms with Crippen LogP contribution in [0.1, 0.15) is 52.1 Å². The highest BCUT2D eigenvalue weighted by atomic mass is 35.5. The van der Waals surface area contributed by atoms with Gasteiger partial charge in [-0.05, 0) is 55.1 Å². The highest BCUT2D eigenvalue weighted by molar-refractivity contribution is 7.90. The molecule has 8 nitrogen and oxygen atoms in total. The second-order valence-corrected chi connectivity index (χ2v) is 9.72. The van der Waals surface area contributed by atoms with Crippen molar-refractivity contribution in [2.24, 2.45) is 0 Å². The smallest absolute Gasteiger partial charge is 0.328 e. The number of rotatable bonds is 8. The maximum Gasteiger partial charge on any atom is 0.328 e. The number of hydrogen-bond acceptors (Lipinski definition) is 5. The first-order valence-electron chi connectivity index (χ1n) is 12.1. The third-order valence-electron chi connectivity index (χ3n) is 5.28. The molecule has 0 bridgehead atoms. The first-order chi connectivity index (χ1) is 17.0. The van der Waals surface area contributed by atoms with Crippen molar-refractivity contribution in [3.8, 4) is 5.75 Å². The second-order valence-electron chi connectivity index (χ2n) is 7.66. The molecule has 0 radical (unpaired) electrons. The van der Waals surface area contributed by atoms with Crippen molar-refractivity contribution in [3.05, 3.63) is 58.5 Å². The molecule has 3 rings (SSSR count). The predicted octanol–water partition coefficient (Wildman–Crippen LogP) is 3.64. The lowest BCUT2D eigenvalue weighted by molar-refractivity contribution is 0.0951. The number of methoxy groups -OCH3 is 1. The molecule has 1 aliphatic carbocycles. The normalized spacial score (nSPS) is 15.6. The van der Waals surface area contributed by atoms with Crippen LogP contribution in [0, 0.1) is 0 Å². The molecule has 2 aromatic carbocycles. The van der Waals surface area contributed by atoms with Crippen LogP contribution in [0.4, 0.5) is 4.79 Å². The van der Waals surface area contributed by atoms with E-state index in [1.54, 1.807) is 12.1 Å².